The molecule has 2 N–H and O–H groups in total. The molecule has 2 aliphatic carbocycles. The number of benzene rings is 1. The van der Waals surface area contributed by atoms with Gasteiger partial charge in [0, 0.05) is 0 Å². The van der Waals surface area contributed by atoms with Crippen LogP contribution >= 0.6 is 0 Å². The molecule has 2 fully saturated rings. The molecule has 1 aromatic carbocycles. The van der Waals surface area contributed by atoms with Gasteiger partial charge in [0.15, 0.2) is 0 Å². The van der Waals surface area contributed by atoms with Gasteiger partial charge in [-0.2, -0.15) is 0 Å². The number of carbonyl (C=O) groups is 3. The minimum atomic E-state index is -0.768. The number of hydrogen-bond acceptors (Lipinski definition) is 3. The van der Waals surface area contributed by atoms with E-state index < -0.39 is 11.6 Å². The number of rotatable bonds is 3. The van der Waals surface area contributed by atoms with Crippen molar-refractivity contribution in [3.63, 3.8) is 0 Å². The van der Waals surface area contributed by atoms with Crippen LogP contribution in [0.5, 0.6) is 0 Å². The van der Waals surface area contributed by atoms with Crippen molar-refractivity contribution in [2.45, 2.75) is 56.5 Å². The number of amides is 4. The fraction of sp³-hybridized carbons (Fsp3) is 0.526. The summed E-state index contributed by atoms with van der Waals surface area (Å²) in [6, 6.07) is 7.60. The molecule has 1 aromatic rings. The van der Waals surface area contributed by atoms with Crippen LogP contribution in [0.25, 0.3) is 0 Å². The van der Waals surface area contributed by atoms with E-state index in [9.17, 15) is 14.4 Å². The number of imide groups is 1. The van der Waals surface area contributed by atoms with Crippen molar-refractivity contribution in [2.75, 3.05) is 6.54 Å². The van der Waals surface area contributed by atoms with Crippen molar-refractivity contribution in [2.24, 2.45) is 0 Å². The zero-order valence-electron chi connectivity index (χ0n) is 14.2. The molecule has 1 aliphatic heterocycles. The van der Waals surface area contributed by atoms with Gasteiger partial charge < -0.3 is 10.6 Å². The summed E-state index contributed by atoms with van der Waals surface area (Å²) in [5.41, 5.74) is 1.62. The number of hydrogen-bond donors (Lipinski definition) is 2. The first-order chi connectivity index (χ1) is 12.1. The first-order valence-corrected chi connectivity index (χ1v) is 9.10. The Labute approximate surface area is 147 Å². The monoisotopic (exact) mass is 341 g/mol. The summed E-state index contributed by atoms with van der Waals surface area (Å²) in [6.45, 7) is -0.203. The predicted octanol–water partition coefficient (Wildman–Crippen LogP) is 2.04. The normalized spacial score (nSPS) is 24.3. The molecular weight excluding hydrogens is 318 g/mol. The standard InChI is InChI=1S/C19H23N3O3/c23-16(20-15-9-8-13-6-2-3-7-14(13)15)12-22-17(24)19(21-18(22)25)10-4-1-5-11-19/h2-3,6-7,15H,1,4-5,8-12H2,(H,20,23)(H,21,25)/t15-/m0/s1. The maximum Gasteiger partial charge on any atom is 0.325 e. The zero-order valence-corrected chi connectivity index (χ0v) is 14.2. The number of carbonyl (C=O) groups excluding carboxylic acids is 3. The van der Waals surface area contributed by atoms with Gasteiger partial charge in [0.05, 0.1) is 6.04 Å². The van der Waals surface area contributed by atoms with Crippen molar-refractivity contribution in [1.29, 1.82) is 0 Å². The summed E-state index contributed by atoms with van der Waals surface area (Å²) in [4.78, 5) is 38.5. The van der Waals surface area contributed by atoms with E-state index in [1.54, 1.807) is 0 Å². The second kappa shape index (κ2) is 6.17. The third-order valence-electron chi connectivity index (χ3n) is 5.72. The van der Waals surface area contributed by atoms with E-state index in [2.05, 4.69) is 16.7 Å². The summed E-state index contributed by atoms with van der Waals surface area (Å²) in [6.07, 6.45) is 6.10. The van der Waals surface area contributed by atoms with Crippen LogP contribution in [0.4, 0.5) is 4.79 Å². The fourth-order valence-electron chi connectivity index (χ4n) is 4.40. The minimum Gasteiger partial charge on any atom is -0.348 e. The van der Waals surface area contributed by atoms with Crippen LogP contribution in [0.3, 0.4) is 0 Å². The van der Waals surface area contributed by atoms with Gasteiger partial charge in [0.25, 0.3) is 5.91 Å². The molecule has 3 aliphatic rings. The summed E-state index contributed by atoms with van der Waals surface area (Å²) < 4.78 is 0. The number of fused-ring (bicyclic) bond motifs is 1. The van der Waals surface area contributed by atoms with Gasteiger partial charge in [-0.1, -0.05) is 43.5 Å². The highest BCUT2D eigenvalue weighted by atomic mass is 16.2. The van der Waals surface area contributed by atoms with E-state index in [-0.39, 0.29) is 24.4 Å². The number of nitrogens with one attached hydrogen (secondary N) is 2. The van der Waals surface area contributed by atoms with Gasteiger partial charge in [-0.05, 0) is 36.8 Å². The Morgan fingerprint density at radius 1 is 1.20 bits per heavy atom. The van der Waals surface area contributed by atoms with E-state index in [0.717, 1.165) is 42.6 Å². The van der Waals surface area contributed by atoms with Gasteiger partial charge >= 0.3 is 6.03 Å². The third kappa shape index (κ3) is 2.79. The molecule has 4 amide bonds. The lowest BCUT2D eigenvalue weighted by atomic mass is 9.82. The Hall–Kier alpha value is -2.37. The molecule has 1 spiro atoms. The lowest BCUT2D eigenvalue weighted by molar-refractivity contribution is -0.136. The first kappa shape index (κ1) is 16.1. The largest absolute Gasteiger partial charge is 0.348 e. The van der Waals surface area contributed by atoms with Crippen LogP contribution < -0.4 is 10.6 Å². The highest BCUT2D eigenvalue weighted by molar-refractivity contribution is 6.09. The minimum absolute atomic E-state index is 0.0342. The second-order valence-electron chi connectivity index (χ2n) is 7.32. The molecular formula is C19H23N3O3. The molecule has 0 unspecified atom stereocenters. The summed E-state index contributed by atoms with van der Waals surface area (Å²) >= 11 is 0. The fourth-order valence-corrected chi connectivity index (χ4v) is 4.40. The van der Waals surface area contributed by atoms with E-state index in [0.29, 0.717) is 12.8 Å². The topological polar surface area (TPSA) is 78.5 Å². The van der Waals surface area contributed by atoms with E-state index >= 15 is 0 Å². The summed E-state index contributed by atoms with van der Waals surface area (Å²) in [5.74, 6) is -0.516. The maximum absolute atomic E-state index is 12.7. The molecule has 0 aromatic heterocycles. The Kier molecular flexibility index (Phi) is 3.98. The molecule has 0 bridgehead atoms. The van der Waals surface area contributed by atoms with Gasteiger partial charge in [-0.15, -0.1) is 0 Å². The number of aryl methyl sites for hydroxylation is 1. The van der Waals surface area contributed by atoms with Gasteiger partial charge in [0.1, 0.15) is 12.1 Å². The van der Waals surface area contributed by atoms with Crippen LogP contribution in [0.2, 0.25) is 0 Å². The molecule has 25 heavy (non-hydrogen) atoms. The smallest absolute Gasteiger partial charge is 0.325 e. The Balaban J connectivity index is 1.41. The second-order valence-corrected chi connectivity index (χ2v) is 7.32. The molecule has 1 saturated carbocycles. The van der Waals surface area contributed by atoms with Crippen molar-refractivity contribution in [3.05, 3.63) is 35.4 Å². The number of urea groups is 1. The molecule has 0 radical (unpaired) electrons. The van der Waals surface area contributed by atoms with Crippen LogP contribution in [0, 0.1) is 0 Å². The Bertz CT molecular complexity index is 724. The molecule has 6 heteroatoms. The van der Waals surface area contributed by atoms with Crippen molar-refractivity contribution in [1.82, 2.24) is 15.5 Å². The van der Waals surface area contributed by atoms with E-state index in [1.165, 1.54) is 5.56 Å². The van der Waals surface area contributed by atoms with Gasteiger partial charge in [-0.25, -0.2) is 4.79 Å². The average molecular weight is 341 g/mol. The van der Waals surface area contributed by atoms with E-state index in [1.807, 2.05) is 18.2 Å². The van der Waals surface area contributed by atoms with Crippen molar-refractivity contribution in [3.8, 4) is 0 Å². The summed E-state index contributed by atoms with van der Waals surface area (Å²) in [7, 11) is 0. The molecule has 6 nitrogen and oxygen atoms in total. The van der Waals surface area contributed by atoms with Crippen LogP contribution in [0.15, 0.2) is 24.3 Å². The van der Waals surface area contributed by atoms with Crippen LogP contribution in [-0.4, -0.2) is 34.8 Å². The Morgan fingerprint density at radius 3 is 2.76 bits per heavy atom. The van der Waals surface area contributed by atoms with Crippen LogP contribution in [-0.2, 0) is 16.0 Å². The van der Waals surface area contributed by atoms with Gasteiger partial charge in [-0.3, -0.25) is 14.5 Å². The Morgan fingerprint density at radius 2 is 1.96 bits per heavy atom. The molecule has 1 saturated heterocycles. The average Bonchev–Trinajstić information content (AvgIpc) is 3.11. The third-order valence-corrected chi connectivity index (χ3v) is 5.72. The molecule has 4 rings (SSSR count). The predicted molar refractivity (Wildman–Crippen MR) is 91.7 cm³/mol. The quantitative estimate of drug-likeness (QED) is 0.826. The van der Waals surface area contributed by atoms with Crippen molar-refractivity contribution < 1.29 is 14.4 Å². The van der Waals surface area contributed by atoms with Crippen molar-refractivity contribution >= 4 is 17.8 Å². The first-order valence-electron chi connectivity index (χ1n) is 9.10. The molecule has 1 heterocycles. The highest BCUT2D eigenvalue weighted by Crippen LogP contribution is 2.34. The highest BCUT2D eigenvalue weighted by Gasteiger charge is 2.51. The van der Waals surface area contributed by atoms with Crippen LogP contribution in [0.1, 0.15) is 55.7 Å². The van der Waals surface area contributed by atoms with Gasteiger partial charge in [0.2, 0.25) is 5.91 Å². The molecule has 1 atom stereocenters. The molecule has 132 valence electrons. The van der Waals surface area contributed by atoms with E-state index in [4.69, 9.17) is 0 Å². The maximum atomic E-state index is 12.7. The SMILES string of the molecule is O=C(CN1C(=O)NC2(CCCCC2)C1=O)N[C@H]1CCc2ccccc21. The summed E-state index contributed by atoms with van der Waals surface area (Å²) in [5, 5.41) is 5.82. The lowest BCUT2D eigenvalue weighted by Crippen LogP contribution is -2.49. The number of nitrogens with zero attached hydrogens (tertiary/aromatic N) is 1. The zero-order chi connectivity index (χ0) is 17.4. The lowest BCUT2D eigenvalue weighted by Gasteiger charge is -2.30.